The standard InChI is InChI=1S/C16H23N3O7/c1-10(2)26-7-4-17-9-18(5-6-25-3)19-8-11(16(23)24)13(20)14(21)12(19)15(17)22/h8,10,21H,4-7,9H2,1-3H3,(H,23,24). The largest absolute Gasteiger partial charge is 0.502 e. The minimum atomic E-state index is -1.48. The fraction of sp³-hybridized carbons (Fsp3) is 0.562. The van der Waals surface area contributed by atoms with Crippen LogP contribution in [0.1, 0.15) is 34.7 Å². The molecule has 1 aromatic heterocycles. The molecule has 10 heteroatoms. The number of nitrogens with zero attached hydrogens (tertiary/aromatic N) is 3. The quantitative estimate of drug-likeness (QED) is 0.639. The van der Waals surface area contributed by atoms with E-state index in [0.29, 0.717) is 19.8 Å². The van der Waals surface area contributed by atoms with Gasteiger partial charge in [0.15, 0.2) is 11.4 Å². The van der Waals surface area contributed by atoms with E-state index in [1.165, 1.54) is 16.7 Å². The van der Waals surface area contributed by atoms with Crippen molar-refractivity contribution in [2.45, 2.75) is 20.0 Å². The zero-order chi connectivity index (χ0) is 19.4. The van der Waals surface area contributed by atoms with Gasteiger partial charge in [-0.3, -0.25) is 19.3 Å². The lowest BCUT2D eigenvalue weighted by Gasteiger charge is -2.39. The van der Waals surface area contributed by atoms with E-state index in [-0.39, 0.29) is 25.0 Å². The highest BCUT2D eigenvalue weighted by Crippen LogP contribution is 2.21. The van der Waals surface area contributed by atoms with E-state index >= 15 is 0 Å². The van der Waals surface area contributed by atoms with Crippen LogP contribution in [0.2, 0.25) is 0 Å². The first kappa shape index (κ1) is 19.7. The van der Waals surface area contributed by atoms with Crippen molar-refractivity contribution in [3.05, 3.63) is 27.7 Å². The first-order valence-electron chi connectivity index (χ1n) is 8.14. The number of aromatic nitrogens is 1. The van der Waals surface area contributed by atoms with Crippen LogP contribution < -0.4 is 10.4 Å². The van der Waals surface area contributed by atoms with Crippen molar-refractivity contribution in [2.75, 3.05) is 45.1 Å². The van der Waals surface area contributed by atoms with Crippen LogP contribution in [-0.2, 0) is 9.47 Å². The molecule has 26 heavy (non-hydrogen) atoms. The predicted octanol–water partition coefficient (Wildman–Crippen LogP) is -0.325. The SMILES string of the molecule is COCCN1CN(CCOC(C)C)C(=O)c2c(O)c(=O)c(C(=O)O)cn21. The average Bonchev–Trinajstić information content (AvgIpc) is 2.57. The Morgan fingerprint density at radius 2 is 1.96 bits per heavy atom. The third-order valence-corrected chi connectivity index (χ3v) is 3.89. The number of carboxylic acid groups (broad SMARTS) is 1. The van der Waals surface area contributed by atoms with Gasteiger partial charge in [-0.15, -0.1) is 0 Å². The van der Waals surface area contributed by atoms with Crippen molar-refractivity contribution in [1.82, 2.24) is 9.58 Å². The number of fused-ring (bicyclic) bond motifs is 1. The van der Waals surface area contributed by atoms with Gasteiger partial charge in [0, 0.05) is 19.9 Å². The summed E-state index contributed by atoms with van der Waals surface area (Å²) in [6, 6.07) is 0. The monoisotopic (exact) mass is 369 g/mol. The van der Waals surface area contributed by atoms with Crippen molar-refractivity contribution in [3.63, 3.8) is 0 Å². The van der Waals surface area contributed by atoms with Crippen LogP contribution in [0.4, 0.5) is 0 Å². The molecule has 144 valence electrons. The molecule has 2 heterocycles. The summed E-state index contributed by atoms with van der Waals surface area (Å²) in [5.41, 5.74) is -1.98. The molecule has 0 bridgehead atoms. The van der Waals surface area contributed by atoms with Gasteiger partial charge in [-0.2, -0.15) is 0 Å². The Hall–Kier alpha value is -2.59. The van der Waals surface area contributed by atoms with Crippen LogP contribution >= 0.6 is 0 Å². The number of carbonyl (C=O) groups excluding carboxylic acids is 1. The molecule has 0 radical (unpaired) electrons. The number of rotatable bonds is 8. The molecule has 0 aliphatic carbocycles. The molecule has 0 saturated heterocycles. The van der Waals surface area contributed by atoms with Crippen LogP contribution in [0, 0.1) is 0 Å². The normalized spacial score (nSPS) is 14.1. The molecule has 0 spiro atoms. The summed E-state index contributed by atoms with van der Waals surface area (Å²) >= 11 is 0. The molecule has 0 aromatic carbocycles. The Morgan fingerprint density at radius 3 is 2.54 bits per heavy atom. The number of aromatic hydroxyl groups is 1. The molecule has 0 unspecified atom stereocenters. The lowest BCUT2D eigenvalue weighted by Crippen LogP contribution is -2.56. The average molecular weight is 369 g/mol. The number of hydrogen-bond donors (Lipinski definition) is 2. The molecular formula is C16H23N3O7. The van der Waals surface area contributed by atoms with Gasteiger partial charge in [0.25, 0.3) is 5.91 Å². The maximum absolute atomic E-state index is 12.7. The van der Waals surface area contributed by atoms with Gasteiger partial charge in [-0.25, -0.2) is 4.79 Å². The Labute approximate surface area is 150 Å². The number of aromatic carboxylic acids is 1. The fourth-order valence-corrected chi connectivity index (χ4v) is 2.59. The molecule has 2 rings (SSSR count). The summed E-state index contributed by atoms with van der Waals surface area (Å²) in [5.74, 6) is -2.93. The first-order valence-corrected chi connectivity index (χ1v) is 8.14. The molecular weight excluding hydrogens is 346 g/mol. The summed E-state index contributed by atoms with van der Waals surface area (Å²) in [5, 5.41) is 21.0. The van der Waals surface area contributed by atoms with Crippen molar-refractivity contribution in [1.29, 1.82) is 0 Å². The van der Waals surface area contributed by atoms with Crippen LogP contribution in [0.15, 0.2) is 11.0 Å². The van der Waals surface area contributed by atoms with E-state index in [1.54, 1.807) is 5.01 Å². The minimum absolute atomic E-state index is 0.000852. The minimum Gasteiger partial charge on any atom is -0.502 e. The molecule has 1 aliphatic rings. The summed E-state index contributed by atoms with van der Waals surface area (Å²) in [6.45, 7) is 5.06. The van der Waals surface area contributed by atoms with E-state index in [1.807, 2.05) is 13.8 Å². The topological polar surface area (TPSA) is 122 Å². The van der Waals surface area contributed by atoms with Crippen molar-refractivity contribution in [3.8, 4) is 5.75 Å². The summed E-state index contributed by atoms with van der Waals surface area (Å²) in [4.78, 5) is 37.5. The van der Waals surface area contributed by atoms with Gasteiger partial charge in [0.05, 0.1) is 25.9 Å². The number of ether oxygens (including phenoxy) is 2. The number of methoxy groups -OCH3 is 1. The summed E-state index contributed by atoms with van der Waals surface area (Å²) < 4.78 is 11.7. The Morgan fingerprint density at radius 1 is 1.27 bits per heavy atom. The van der Waals surface area contributed by atoms with Gasteiger partial charge in [0.2, 0.25) is 5.43 Å². The van der Waals surface area contributed by atoms with Crippen molar-refractivity contribution in [2.24, 2.45) is 0 Å². The second kappa shape index (κ2) is 8.19. The maximum atomic E-state index is 12.7. The first-order chi connectivity index (χ1) is 12.3. The molecule has 0 fully saturated rings. The summed E-state index contributed by atoms with van der Waals surface area (Å²) in [7, 11) is 1.51. The van der Waals surface area contributed by atoms with Crippen LogP contribution in [0.25, 0.3) is 0 Å². The highest BCUT2D eigenvalue weighted by molar-refractivity contribution is 5.97. The van der Waals surface area contributed by atoms with Crippen molar-refractivity contribution >= 4 is 11.9 Å². The number of carboxylic acids is 1. The highest BCUT2D eigenvalue weighted by Gasteiger charge is 2.34. The van der Waals surface area contributed by atoms with Gasteiger partial charge in [0.1, 0.15) is 12.2 Å². The van der Waals surface area contributed by atoms with Crippen LogP contribution in [0.5, 0.6) is 5.75 Å². The molecule has 0 saturated carbocycles. The van der Waals surface area contributed by atoms with Gasteiger partial charge in [-0.05, 0) is 13.8 Å². The lowest BCUT2D eigenvalue weighted by atomic mass is 10.2. The zero-order valence-corrected chi connectivity index (χ0v) is 15.0. The predicted molar refractivity (Wildman–Crippen MR) is 91.3 cm³/mol. The third kappa shape index (κ3) is 3.97. The van der Waals surface area contributed by atoms with Gasteiger partial charge >= 0.3 is 5.97 Å². The molecule has 10 nitrogen and oxygen atoms in total. The van der Waals surface area contributed by atoms with Crippen LogP contribution in [0.3, 0.4) is 0 Å². The molecule has 1 amide bonds. The van der Waals surface area contributed by atoms with Crippen LogP contribution in [-0.4, -0.2) is 77.9 Å². The van der Waals surface area contributed by atoms with E-state index in [0.717, 1.165) is 6.20 Å². The van der Waals surface area contributed by atoms with Gasteiger partial charge < -0.3 is 24.6 Å². The smallest absolute Gasteiger partial charge is 0.341 e. The molecule has 2 N–H and O–H groups in total. The molecule has 0 atom stereocenters. The van der Waals surface area contributed by atoms with Crippen molar-refractivity contribution < 1.29 is 29.3 Å². The number of carbonyl (C=O) groups is 2. The van der Waals surface area contributed by atoms with Gasteiger partial charge in [-0.1, -0.05) is 0 Å². The molecule has 1 aliphatic heterocycles. The van der Waals surface area contributed by atoms with E-state index < -0.39 is 28.6 Å². The maximum Gasteiger partial charge on any atom is 0.341 e. The number of pyridine rings is 1. The lowest BCUT2D eigenvalue weighted by molar-refractivity contribution is 0.0421. The Balaban J connectivity index is 2.43. The molecule has 1 aromatic rings. The summed E-state index contributed by atoms with van der Waals surface area (Å²) in [6.07, 6.45) is 1.05. The second-order valence-corrected chi connectivity index (χ2v) is 6.07. The van der Waals surface area contributed by atoms with E-state index in [9.17, 15) is 19.5 Å². The van der Waals surface area contributed by atoms with E-state index in [4.69, 9.17) is 14.6 Å². The fourth-order valence-electron chi connectivity index (χ4n) is 2.59. The zero-order valence-electron chi connectivity index (χ0n) is 15.0. The highest BCUT2D eigenvalue weighted by atomic mass is 16.5. The Bertz CT molecular complexity index is 744. The number of hydrogen-bond acceptors (Lipinski definition) is 7. The number of amides is 1. The second-order valence-electron chi connectivity index (χ2n) is 6.07. The Kier molecular flexibility index (Phi) is 6.22. The third-order valence-electron chi connectivity index (χ3n) is 3.89. The van der Waals surface area contributed by atoms with E-state index in [2.05, 4.69) is 0 Å².